The van der Waals surface area contributed by atoms with Crippen LogP contribution < -0.4 is 5.48 Å². The van der Waals surface area contributed by atoms with Crippen molar-refractivity contribution in [2.24, 2.45) is 0 Å². The second-order valence-electron chi connectivity index (χ2n) is 5.97. The van der Waals surface area contributed by atoms with Crippen LogP contribution in [0.3, 0.4) is 0 Å². The molecule has 1 aliphatic rings. The van der Waals surface area contributed by atoms with Crippen molar-refractivity contribution in [3.8, 4) is 0 Å². The van der Waals surface area contributed by atoms with E-state index in [-0.39, 0.29) is 10.5 Å². The number of hydrogen-bond acceptors (Lipinski definition) is 5. The molecular weight excluding hydrogens is 372 g/mol. The van der Waals surface area contributed by atoms with Gasteiger partial charge in [-0.1, -0.05) is 30.3 Å². The molecule has 8 heteroatoms. The van der Waals surface area contributed by atoms with E-state index in [2.05, 4.69) is 12.1 Å². The second-order valence-corrected chi connectivity index (χ2v) is 9.25. The lowest BCUT2D eigenvalue weighted by molar-refractivity contribution is 0.0702. The van der Waals surface area contributed by atoms with Crippen molar-refractivity contribution in [1.82, 2.24) is 9.79 Å². The van der Waals surface area contributed by atoms with E-state index in [4.69, 9.17) is 5.21 Å². The fourth-order valence-corrected chi connectivity index (χ4v) is 5.76. The first-order chi connectivity index (χ1) is 12.5. The van der Waals surface area contributed by atoms with Gasteiger partial charge in [0.25, 0.3) is 5.91 Å². The van der Waals surface area contributed by atoms with Crippen LogP contribution in [-0.2, 0) is 10.0 Å². The van der Waals surface area contributed by atoms with Gasteiger partial charge in [-0.2, -0.15) is 4.31 Å². The standard InChI is InChI=1S/C18H20N2O4S2/c21-18(19-22)16-8-4-5-9-17(16)26(23,24)20-12-10-15(11-13-20)25-14-6-2-1-3-7-14/h1-9,15,22H,10-13H2,(H,19,21). The molecule has 0 saturated carbocycles. The van der Waals surface area contributed by atoms with Crippen molar-refractivity contribution in [2.45, 2.75) is 27.9 Å². The largest absolute Gasteiger partial charge is 0.288 e. The van der Waals surface area contributed by atoms with Crippen molar-refractivity contribution >= 4 is 27.7 Å². The Hall–Kier alpha value is -1.87. The number of thioether (sulfide) groups is 1. The lowest BCUT2D eigenvalue weighted by Gasteiger charge is -2.31. The summed E-state index contributed by atoms with van der Waals surface area (Å²) in [6.07, 6.45) is 1.49. The number of nitrogens with one attached hydrogen (secondary N) is 1. The number of piperidine rings is 1. The molecule has 1 heterocycles. The van der Waals surface area contributed by atoms with E-state index in [1.165, 1.54) is 26.8 Å². The highest BCUT2D eigenvalue weighted by molar-refractivity contribution is 8.00. The molecule has 1 fully saturated rings. The second kappa shape index (κ2) is 8.22. The Morgan fingerprint density at radius 1 is 1.04 bits per heavy atom. The van der Waals surface area contributed by atoms with E-state index in [9.17, 15) is 13.2 Å². The molecule has 0 bridgehead atoms. The minimum Gasteiger partial charge on any atom is -0.288 e. The normalized spacial score (nSPS) is 16.3. The number of amides is 1. The van der Waals surface area contributed by atoms with Gasteiger partial charge in [0.2, 0.25) is 10.0 Å². The van der Waals surface area contributed by atoms with Gasteiger partial charge in [-0.15, -0.1) is 11.8 Å². The van der Waals surface area contributed by atoms with Gasteiger partial charge in [-0.3, -0.25) is 10.0 Å². The first-order valence-electron chi connectivity index (χ1n) is 8.27. The molecule has 1 amide bonds. The zero-order valence-electron chi connectivity index (χ0n) is 14.0. The average molecular weight is 393 g/mol. The van der Waals surface area contributed by atoms with Gasteiger partial charge in [0.05, 0.1) is 10.5 Å². The molecule has 0 spiro atoms. The van der Waals surface area contributed by atoms with Crippen LogP contribution in [0.15, 0.2) is 64.4 Å². The summed E-state index contributed by atoms with van der Waals surface area (Å²) in [6.45, 7) is 0.809. The maximum absolute atomic E-state index is 13.0. The number of carbonyl (C=O) groups excluding carboxylic acids is 1. The first-order valence-corrected chi connectivity index (χ1v) is 10.6. The Balaban J connectivity index is 1.72. The number of nitrogens with zero attached hydrogens (tertiary/aromatic N) is 1. The van der Waals surface area contributed by atoms with Gasteiger partial charge in [-0.25, -0.2) is 13.9 Å². The molecule has 138 valence electrons. The summed E-state index contributed by atoms with van der Waals surface area (Å²) in [7, 11) is -3.79. The molecule has 26 heavy (non-hydrogen) atoms. The van der Waals surface area contributed by atoms with Crippen molar-refractivity contribution in [2.75, 3.05) is 13.1 Å². The van der Waals surface area contributed by atoms with Crippen LogP contribution in [0.1, 0.15) is 23.2 Å². The zero-order valence-corrected chi connectivity index (χ0v) is 15.7. The predicted octanol–water partition coefficient (Wildman–Crippen LogP) is 2.75. The monoisotopic (exact) mass is 392 g/mol. The van der Waals surface area contributed by atoms with Crippen LogP contribution in [0.25, 0.3) is 0 Å². The van der Waals surface area contributed by atoms with Crippen molar-refractivity contribution in [1.29, 1.82) is 0 Å². The van der Waals surface area contributed by atoms with Gasteiger partial charge < -0.3 is 0 Å². The Morgan fingerprint density at radius 3 is 2.31 bits per heavy atom. The summed E-state index contributed by atoms with van der Waals surface area (Å²) in [6, 6.07) is 16.0. The molecule has 0 aromatic heterocycles. The highest BCUT2D eigenvalue weighted by Gasteiger charge is 2.32. The average Bonchev–Trinajstić information content (AvgIpc) is 2.68. The summed E-state index contributed by atoms with van der Waals surface area (Å²) in [5, 5.41) is 9.21. The van der Waals surface area contributed by atoms with Gasteiger partial charge >= 0.3 is 0 Å². The van der Waals surface area contributed by atoms with Crippen LogP contribution in [0.5, 0.6) is 0 Å². The highest BCUT2D eigenvalue weighted by Crippen LogP contribution is 2.32. The van der Waals surface area contributed by atoms with Gasteiger partial charge in [0.15, 0.2) is 0 Å². The molecule has 2 aromatic carbocycles. The maximum Gasteiger partial charge on any atom is 0.276 e. The number of rotatable bonds is 5. The molecule has 1 saturated heterocycles. The Labute approximate surface area is 157 Å². The van der Waals surface area contributed by atoms with Gasteiger partial charge in [0, 0.05) is 23.2 Å². The van der Waals surface area contributed by atoms with E-state index in [0.29, 0.717) is 18.3 Å². The van der Waals surface area contributed by atoms with E-state index in [1.54, 1.807) is 23.9 Å². The van der Waals surface area contributed by atoms with Crippen molar-refractivity contribution in [3.05, 3.63) is 60.2 Å². The molecule has 2 N–H and O–H groups in total. The molecule has 1 aliphatic heterocycles. The third-order valence-electron chi connectivity index (χ3n) is 4.30. The van der Waals surface area contributed by atoms with E-state index in [1.807, 2.05) is 18.2 Å². The fourth-order valence-electron chi connectivity index (χ4n) is 2.96. The first kappa shape index (κ1) is 18.9. The number of sulfonamides is 1. The van der Waals surface area contributed by atoms with Crippen molar-refractivity contribution < 1.29 is 18.4 Å². The molecule has 0 atom stereocenters. The SMILES string of the molecule is O=C(NO)c1ccccc1S(=O)(=O)N1CCC(Sc2ccccc2)CC1. The van der Waals surface area contributed by atoms with Crippen LogP contribution in [0, 0.1) is 0 Å². The minimum absolute atomic E-state index is 0.0595. The summed E-state index contributed by atoms with van der Waals surface area (Å²) >= 11 is 1.77. The number of hydroxylamine groups is 1. The summed E-state index contributed by atoms with van der Waals surface area (Å²) in [5.74, 6) is -0.835. The predicted molar refractivity (Wildman–Crippen MR) is 99.8 cm³/mol. The molecular formula is C18H20N2O4S2. The quantitative estimate of drug-likeness (QED) is 0.604. The van der Waals surface area contributed by atoms with E-state index in [0.717, 1.165) is 12.8 Å². The van der Waals surface area contributed by atoms with Gasteiger partial charge in [0.1, 0.15) is 0 Å². The van der Waals surface area contributed by atoms with Crippen molar-refractivity contribution in [3.63, 3.8) is 0 Å². The third kappa shape index (κ3) is 4.09. The smallest absolute Gasteiger partial charge is 0.276 e. The minimum atomic E-state index is -3.79. The maximum atomic E-state index is 13.0. The van der Waals surface area contributed by atoms with Crippen LogP contribution in [-0.4, -0.2) is 42.2 Å². The number of benzene rings is 2. The Bertz CT molecular complexity index is 864. The van der Waals surface area contributed by atoms with Crippen LogP contribution in [0.4, 0.5) is 0 Å². The highest BCUT2D eigenvalue weighted by atomic mass is 32.2. The molecule has 0 unspecified atom stereocenters. The molecule has 6 nitrogen and oxygen atoms in total. The summed E-state index contributed by atoms with van der Waals surface area (Å²) < 4.78 is 27.3. The molecule has 3 rings (SSSR count). The summed E-state index contributed by atoms with van der Waals surface area (Å²) in [5.41, 5.74) is 1.45. The number of hydrogen-bond donors (Lipinski definition) is 2. The third-order valence-corrected chi connectivity index (χ3v) is 7.60. The Morgan fingerprint density at radius 2 is 1.65 bits per heavy atom. The fraction of sp³-hybridized carbons (Fsp3) is 0.278. The van der Waals surface area contributed by atoms with E-state index < -0.39 is 15.9 Å². The molecule has 0 aliphatic carbocycles. The van der Waals surface area contributed by atoms with Gasteiger partial charge in [-0.05, 0) is 37.1 Å². The van der Waals surface area contributed by atoms with Crippen LogP contribution in [0.2, 0.25) is 0 Å². The van der Waals surface area contributed by atoms with Crippen LogP contribution >= 0.6 is 11.8 Å². The lowest BCUT2D eigenvalue weighted by atomic mass is 10.2. The lowest BCUT2D eigenvalue weighted by Crippen LogP contribution is -2.40. The molecule has 0 radical (unpaired) electrons. The number of carbonyl (C=O) groups is 1. The Kier molecular flexibility index (Phi) is 5.98. The van der Waals surface area contributed by atoms with E-state index >= 15 is 0 Å². The summed E-state index contributed by atoms with van der Waals surface area (Å²) in [4.78, 5) is 12.9. The zero-order chi connectivity index (χ0) is 18.6. The molecule has 2 aromatic rings. The topological polar surface area (TPSA) is 86.7 Å².